The molecule has 1 heterocycles. The molecule has 0 saturated carbocycles. The van der Waals surface area contributed by atoms with Gasteiger partial charge in [0, 0.05) is 50.1 Å². The van der Waals surface area contributed by atoms with E-state index >= 15 is 0 Å². The standard InChI is InChI=1S/C18H17F2N3O3/c1-21(2)16-6-5-12(23(25)26)10-14(16)18(24)22-7-3-4-13-15(20)8-11(19)9-17(13)22/h5-6,8-10H,3-4,7H2,1-2H3. The minimum absolute atomic E-state index is 0.113. The highest BCUT2D eigenvalue weighted by Gasteiger charge is 2.29. The normalized spacial score (nSPS) is 13.3. The van der Waals surface area contributed by atoms with Gasteiger partial charge in [0.25, 0.3) is 11.6 Å². The molecule has 0 aromatic heterocycles. The Morgan fingerprint density at radius 2 is 1.96 bits per heavy atom. The minimum Gasteiger partial charge on any atom is -0.377 e. The Labute approximate surface area is 148 Å². The molecule has 0 fully saturated rings. The van der Waals surface area contributed by atoms with E-state index in [2.05, 4.69) is 0 Å². The van der Waals surface area contributed by atoms with Crippen molar-refractivity contribution in [2.45, 2.75) is 12.8 Å². The van der Waals surface area contributed by atoms with Crippen LogP contribution in [0.4, 0.5) is 25.8 Å². The van der Waals surface area contributed by atoms with Crippen LogP contribution in [0.1, 0.15) is 22.3 Å². The second-order valence-electron chi connectivity index (χ2n) is 6.30. The van der Waals surface area contributed by atoms with Crippen LogP contribution in [0.2, 0.25) is 0 Å². The van der Waals surface area contributed by atoms with Crippen molar-refractivity contribution in [2.24, 2.45) is 0 Å². The number of benzene rings is 2. The van der Waals surface area contributed by atoms with Crippen molar-refractivity contribution in [3.8, 4) is 0 Å². The van der Waals surface area contributed by atoms with Gasteiger partial charge in [-0.05, 0) is 25.0 Å². The van der Waals surface area contributed by atoms with E-state index in [9.17, 15) is 23.7 Å². The zero-order valence-corrected chi connectivity index (χ0v) is 14.3. The average Bonchev–Trinajstić information content (AvgIpc) is 2.59. The van der Waals surface area contributed by atoms with Crippen LogP contribution in [-0.4, -0.2) is 31.5 Å². The van der Waals surface area contributed by atoms with Crippen LogP contribution < -0.4 is 9.80 Å². The van der Waals surface area contributed by atoms with Crippen molar-refractivity contribution >= 4 is 23.0 Å². The number of hydrogen-bond acceptors (Lipinski definition) is 4. The van der Waals surface area contributed by atoms with Gasteiger partial charge < -0.3 is 9.80 Å². The van der Waals surface area contributed by atoms with Crippen LogP contribution >= 0.6 is 0 Å². The van der Waals surface area contributed by atoms with Crippen molar-refractivity contribution in [1.29, 1.82) is 0 Å². The van der Waals surface area contributed by atoms with Gasteiger partial charge in [0.05, 0.1) is 16.2 Å². The summed E-state index contributed by atoms with van der Waals surface area (Å²) in [6, 6.07) is 5.92. The first-order valence-corrected chi connectivity index (χ1v) is 8.05. The van der Waals surface area contributed by atoms with E-state index in [0.717, 1.165) is 12.1 Å². The summed E-state index contributed by atoms with van der Waals surface area (Å²) < 4.78 is 27.8. The molecule has 1 aliphatic rings. The summed E-state index contributed by atoms with van der Waals surface area (Å²) in [5.41, 5.74) is 0.839. The second kappa shape index (κ2) is 6.70. The molecule has 0 radical (unpaired) electrons. The summed E-state index contributed by atoms with van der Waals surface area (Å²) in [4.78, 5) is 26.6. The molecule has 0 atom stereocenters. The third kappa shape index (κ3) is 3.10. The number of anilines is 2. The predicted octanol–water partition coefficient (Wildman–Crippen LogP) is 3.53. The highest BCUT2D eigenvalue weighted by Crippen LogP contribution is 2.33. The number of hydrogen-bond donors (Lipinski definition) is 0. The van der Waals surface area contributed by atoms with Crippen molar-refractivity contribution in [3.63, 3.8) is 0 Å². The molecule has 2 aromatic carbocycles. The molecule has 136 valence electrons. The molecular weight excluding hydrogens is 344 g/mol. The molecule has 0 aliphatic carbocycles. The third-order valence-electron chi connectivity index (χ3n) is 4.38. The topological polar surface area (TPSA) is 66.7 Å². The fourth-order valence-electron chi connectivity index (χ4n) is 3.17. The number of amides is 1. The highest BCUT2D eigenvalue weighted by atomic mass is 19.1. The Morgan fingerprint density at radius 3 is 2.62 bits per heavy atom. The number of nitro groups is 1. The fourth-order valence-corrected chi connectivity index (χ4v) is 3.17. The zero-order chi connectivity index (χ0) is 19.0. The first kappa shape index (κ1) is 17.8. The molecule has 0 unspecified atom stereocenters. The van der Waals surface area contributed by atoms with E-state index in [1.807, 2.05) is 0 Å². The van der Waals surface area contributed by atoms with E-state index in [1.54, 1.807) is 19.0 Å². The number of carbonyl (C=O) groups is 1. The van der Waals surface area contributed by atoms with Gasteiger partial charge >= 0.3 is 0 Å². The van der Waals surface area contributed by atoms with E-state index in [4.69, 9.17) is 0 Å². The van der Waals surface area contributed by atoms with E-state index in [-0.39, 0.29) is 29.0 Å². The average molecular weight is 361 g/mol. The van der Waals surface area contributed by atoms with Gasteiger partial charge in [-0.1, -0.05) is 0 Å². The smallest absolute Gasteiger partial charge is 0.270 e. The molecule has 3 rings (SSSR count). The van der Waals surface area contributed by atoms with Crippen molar-refractivity contribution in [2.75, 3.05) is 30.4 Å². The van der Waals surface area contributed by atoms with Gasteiger partial charge in [-0.25, -0.2) is 8.78 Å². The second-order valence-corrected chi connectivity index (χ2v) is 6.30. The zero-order valence-electron chi connectivity index (χ0n) is 14.3. The lowest BCUT2D eigenvalue weighted by atomic mass is 9.99. The Balaban J connectivity index is 2.12. The van der Waals surface area contributed by atoms with Gasteiger partial charge in [-0.3, -0.25) is 14.9 Å². The Hall–Kier alpha value is -3.03. The van der Waals surface area contributed by atoms with Gasteiger partial charge in [-0.2, -0.15) is 0 Å². The Kier molecular flexibility index (Phi) is 4.58. The van der Waals surface area contributed by atoms with Crippen LogP contribution in [0.25, 0.3) is 0 Å². The van der Waals surface area contributed by atoms with Gasteiger partial charge in [0.15, 0.2) is 0 Å². The molecule has 6 nitrogen and oxygen atoms in total. The lowest BCUT2D eigenvalue weighted by molar-refractivity contribution is -0.384. The van der Waals surface area contributed by atoms with Gasteiger partial charge in [-0.15, -0.1) is 0 Å². The lowest BCUT2D eigenvalue weighted by Crippen LogP contribution is -2.36. The summed E-state index contributed by atoms with van der Waals surface area (Å²) in [5, 5.41) is 11.1. The molecule has 26 heavy (non-hydrogen) atoms. The highest BCUT2D eigenvalue weighted by molar-refractivity contribution is 6.10. The molecule has 0 N–H and O–H groups in total. The number of nitrogens with zero attached hydrogens (tertiary/aromatic N) is 3. The van der Waals surface area contributed by atoms with E-state index in [1.165, 1.54) is 23.1 Å². The number of non-ortho nitro benzene ring substituents is 1. The van der Waals surface area contributed by atoms with Crippen LogP contribution in [0.3, 0.4) is 0 Å². The SMILES string of the molecule is CN(C)c1ccc([N+](=O)[O-])cc1C(=O)N1CCCc2c(F)cc(F)cc21. The maximum Gasteiger partial charge on any atom is 0.270 e. The number of halogens is 2. The van der Waals surface area contributed by atoms with Crippen LogP contribution in [0.15, 0.2) is 30.3 Å². The third-order valence-corrected chi connectivity index (χ3v) is 4.38. The molecular formula is C18H17F2N3O3. The van der Waals surface area contributed by atoms with Gasteiger partial charge in [0.2, 0.25) is 0 Å². The molecule has 2 aromatic rings. The molecule has 0 spiro atoms. The number of carbonyl (C=O) groups excluding carboxylic acids is 1. The largest absolute Gasteiger partial charge is 0.377 e. The fraction of sp³-hybridized carbons (Fsp3) is 0.278. The molecule has 0 saturated heterocycles. The van der Waals surface area contributed by atoms with Crippen LogP contribution in [0, 0.1) is 21.7 Å². The van der Waals surface area contributed by atoms with Crippen molar-refractivity contribution < 1.29 is 18.5 Å². The molecule has 1 amide bonds. The van der Waals surface area contributed by atoms with Crippen molar-refractivity contribution in [1.82, 2.24) is 0 Å². The summed E-state index contributed by atoms with van der Waals surface area (Å²) in [6.45, 7) is 0.282. The first-order valence-electron chi connectivity index (χ1n) is 8.05. The maximum absolute atomic E-state index is 14.1. The van der Waals surface area contributed by atoms with Crippen LogP contribution in [-0.2, 0) is 6.42 Å². The lowest BCUT2D eigenvalue weighted by Gasteiger charge is -2.31. The monoisotopic (exact) mass is 361 g/mol. The number of nitro benzene ring substituents is 1. The number of fused-ring (bicyclic) bond motifs is 1. The summed E-state index contributed by atoms with van der Waals surface area (Å²) in [6.07, 6.45) is 0.925. The van der Waals surface area contributed by atoms with Crippen molar-refractivity contribution in [3.05, 3.63) is 63.2 Å². The predicted molar refractivity (Wildman–Crippen MR) is 93.8 cm³/mol. The van der Waals surface area contributed by atoms with Crippen LogP contribution in [0.5, 0.6) is 0 Å². The minimum atomic E-state index is -0.771. The molecule has 1 aliphatic heterocycles. The Morgan fingerprint density at radius 1 is 1.23 bits per heavy atom. The van der Waals surface area contributed by atoms with E-state index in [0.29, 0.717) is 18.5 Å². The first-order chi connectivity index (χ1) is 12.3. The number of rotatable bonds is 3. The van der Waals surface area contributed by atoms with Gasteiger partial charge in [0.1, 0.15) is 11.6 Å². The summed E-state index contributed by atoms with van der Waals surface area (Å²) in [5.74, 6) is -1.99. The molecule has 0 bridgehead atoms. The summed E-state index contributed by atoms with van der Waals surface area (Å²) in [7, 11) is 3.42. The Bertz CT molecular complexity index is 899. The molecule has 8 heteroatoms. The summed E-state index contributed by atoms with van der Waals surface area (Å²) >= 11 is 0. The maximum atomic E-state index is 14.1. The van der Waals surface area contributed by atoms with E-state index < -0.39 is 22.5 Å². The quantitative estimate of drug-likeness (QED) is 0.620.